The van der Waals surface area contributed by atoms with Crippen molar-refractivity contribution in [3.8, 4) is 0 Å². The van der Waals surface area contributed by atoms with Crippen molar-refractivity contribution >= 4 is 11.8 Å². The van der Waals surface area contributed by atoms with Gasteiger partial charge in [0, 0.05) is 12.3 Å². The van der Waals surface area contributed by atoms with Gasteiger partial charge in [0.25, 0.3) is 0 Å². The second kappa shape index (κ2) is 6.43. The van der Waals surface area contributed by atoms with E-state index in [1.54, 1.807) is 6.08 Å². The lowest BCUT2D eigenvalue weighted by Crippen LogP contribution is -2.64. The molecule has 3 saturated heterocycles. The van der Waals surface area contributed by atoms with E-state index in [2.05, 4.69) is 20.4 Å². The fourth-order valence-corrected chi connectivity index (χ4v) is 9.94. The zero-order chi connectivity index (χ0) is 23.8. The molecule has 2 bridgehead atoms. The lowest BCUT2D eigenvalue weighted by molar-refractivity contribution is -0.210. The molecule has 3 aliphatic heterocycles. The van der Waals surface area contributed by atoms with Gasteiger partial charge in [-0.25, -0.2) is 4.79 Å². The molecule has 4 aliphatic carbocycles. The summed E-state index contributed by atoms with van der Waals surface area (Å²) in [5, 5.41) is 11.8. The van der Waals surface area contributed by atoms with Crippen LogP contribution in [0.3, 0.4) is 0 Å². The third kappa shape index (κ3) is 2.30. The van der Waals surface area contributed by atoms with Gasteiger partial charge in [-0.05, 0) is 81.1 Å². The van der Waals surface area contributed by atoms with Crippen molar-refractivity contribution in [1.82, 2.24) is 0 Å². The number of fused-ring (bicyclic) bond motifs is 6. The summed E-state index contributed by atoms with van der Waals surface area (Å²) in [6, 6.07) is 0. The molecule has 0 aromatic carbocycles. The van der Waals surface area contributed by atoms with Gasteiger partial charge in [-0.2, -0.15) is 0 Å². The number of allylic oxidation sites excluding steroid dienone is 1. The van der Waals surface area contributed by atoms with Gasteiger partial charge >= 0.3 is 5.97 Å². The monoisotopic (exact) mass is 468 g/mol. The molecular weight excluding hydrogens is 432 g/mol. The van der Waals surface area contributed by atoms with Gasteiger partial charge in [0.15, 0.2) is 5.78 Å². The zero-order valence-electron chi connectivity index (χ0n) is 20.4. The van der Waals surface area contributed by atoms with E-state index >= 15 is 0 Å². The number of epoxide rings is 1. The van der Waals surface area contributed by atoms with Crippen molar-refractivity contribution in [2.75, 3.05) is 6.61 Å². The summed E-state index contributed by atoms with van der Waals surface area (Å²) in [6.07, 6.45) is 8.26. The maximum Gasteiger partial charge on any atom is 0.336 e. The number of esters is 1. The lowest BCUT2D eigenvalue weighted by atomic mass is 9.44. The molecule has 6 heteroatoms. The van der Waals surface area contributed by atoms with E-state index in [9.17, 15) is 14.7 Å². The Kier molecular flexibility index (Phi) is 4.12. The highest BCUT2D eigenvalue weighted by molar-refractivity contribution is 5.97. The Morgan fingerprint density at radius 1 is 1.06 bits per heavy atom. The Balaban J connectivity index is 1.22. The molecule has 7 rings (SSSR count). The minimum atomic E-state index is -0.648. The quantitative estimate of drug-likeness (QED) is 0.361. The number of ketones is 1. The number of aliphatic hydroxyl groups excluding tert-OH is 1. The van der Waals surface area contributed by atoms with Gasteiger partial charge in [0.2, 0.25) is 0 Å². The molecule has 0 radical (unpaired) electrons. The first-order chi connectivity index (χ1) is 16.1. The summed E-state index contributed by atoms with van der Waals surface area (Å²) in [5.41, 5.74) is -1.43. The van der Waals surface area contributed by atoms with Crippen molar-refractivity contribution in [2.24, 2.45) is 40.4 Å². The van der Waals surface area contributed by atoms with E-state index in [0.29, 0.717) is 36.9 Å². The maximum absolute atomic E-state index is 13.3. The summed E-state index contributed by atoms with van der Waals surface area (Å²) in [5.74, 6) is 0.936. The second-order valence-corrected chi connectivity index (χ2v) is 12.9. The fourth-order valence-electron chi connectivity index (χ4n) is 9.94. The predicted molar refractivity (Wildman–Crippen MR) is 123 cm³/mol. The first-order valence-corrected chi connectivity index (χ1v) is 13.2. The van der Waals surface area contributed by atoms with Crippen molar-refractivity contribution in [3.63, 3.8) is 0 Å². The van der Waals surface area contributed by atoms with E-state index in [4.69, 9.17) is 14.2 Å². The molecular formula is C28H36O6. The molecule has 184 valence electrons. The van der Waals surface area contributed by atoms with Crippen LogP contribution in [0.2, 0.25) is 0 Å². The molecule has 0 aromatic rings. The topological polar surface area (TPSA) is 85.4 Å². The maximum atomic E-state index is 13.3. The molecule has 6 nitrogen and oxygen atoms in total. The summed E-state index contributed by atoms with van der Waals surface area (Å²) < 4.78 is 18.5. The van der Waals surface area contributed by atoms with Gasteiger partial charge in [-0.1, -0.05) is 19.6 Å². The van der Waals surface area contributed by atoms with E-state index in [0.717, 1.165) is 25.7 Å². The lowest BCUT2D eigenvalue weighted by Gasteiger charge is -2.60. The molecule has 6 fully saturated rings. The Hall–Kier alpha value is -1.50. The van der Waals surface area contributed by atoms with Crippen LogP contribution in [0, 0.1) is 40.4 Å². The molecule has 0 unspecified atom stereocenters. The largest absolute Gasteiger partial charge is 0.458 e. The summed E-state index contributed by atoms with van der Waals surface area (Å²) >= 11 is 0. The number of aliphatic hydroxyl groups is 1. The number of carbonyl (C=O) groups is 2. The molecule has 34 heavy (non-hydrogen) atoms. The second-order valence-electron chi connectivity index (χ2n) is 12.9. The first-order valence-electron chi connectivity index (χ1n) is 13.2. The summed E-state index contributed by atoms with van der Waals surface area (Å²) in [4.78, 5) is 25.8. The molecule has 1 spiro atoms. The van der Waals surface area contributed by atoms with Crippen LogP contribution in [0.5, 0.6) is 0 Å². The average molecular weight is 469 g/mol. The highest BCUT2D eigenvalue weighted by Crippen LogP contribution is 2.73. The van der Waals surface area contributed by atoms with E-state index in [1.807, 2.05) is 13.0 Å². The Bertz CT molecular complexity index is 1030. The van der Waals surface area contributed by atoms with Crippen LogP contribution in [0.4, 0.5) is 0 Å². The van der Waals surface area contributed by atoms with Crippen LogP contribution >= 0.6 is 0 Å². The van der Waals surface area contributed by atoms with Crippen LogP contribution in [-0.2, 0) is 23.8 Å². The number of hydrogen-bond acceptors (Lipinski definition) is 6. The highest BCUT2D eigenvalue weighted by atomic mass is 16.6. The molecule has 7 aliphatic rings. The molecule has 0 amide bonds. The molecule has 3 saturated carbocycles. The smallest absolute Gasteiger partial charge is 0.336 e. The Morgan fingerprint density at radius 2 is 1.79 bits per heavy atom. The number of rotatable bonds is 1. The molecule has 0 aromatic heterocycles. The van der Waals surface area contributed by atoms with Crippen LogP contribution in [-0.4, -0.2) is 53.0 Å². The van der Waals surface area contributed by atoms with Crippen LogP contribution in [0.1, 0.15) is 59.3 Å². The number of hydrogen-bond donors (Lipinski definition) is 1. The van der Waals surface area contributed by atoms with Crippen molar-refractivity contribution in [3.05, 3.63) is 24.3 Å². The minimum Gasteiger partial charge on any atom is -0.458 e. The zero-order valence-corrected chi connectivity index (χ0v) is 20.4. The van der Waals surface area contributed by atoms with E-state index < -0.39 is 17.1 Å². The van der Waals surface area contributed by atoms with Gasteiger partial charge in [0.1, 0.15) is 17.3 Å². The Labute approximate surface area is 201 Å². The predicted octanol–water partition coefficient (Wildman–Crippen LogP) is 3.37. The Morgan fingerprint density at radius 3 is 2.56 bits per heavy atom. The van der Waals surface area contributed by atoms with Gasteiger partial charge in [0.05, 0.1) is 29.8 Å². The standard InChI is InChI=1S/C28H36O6/c1-14-24(31)33-20-12-25(14,2)32-13-16(20)18-8-7-17-15-10-23-28(34-23)9-5-6-21(29)27(28,4)19(15)11-22(30)26(17,18)3/h5-6,15-20,22-23,30H,1,7-13H2,2-4H3/t15-,16+,17-,18+,19-,20-,22-,23-,25-,26-,27+,28-/m1/s1. The van der Waals surface area contributed by atoms with Gasteiger partial charge < -0.3 is 19.3 Å². The van der Waals surface area contributed by atoms with Crippen LogP contribution < -0.4 is 0 Å². The fraction of sp³-hybridized carbons (Fsp3) is 0.786. The molecule has 1 N–H and O–H groups in total. The highest BCUT2D eigenvalue weighted by Gasteiger charge is 2.78. The first kappa shape index (κ1) is 21.8. The normalized spacial score (nSPS) is 59.5. The molecule has 12 atom stereocenters. The van der Waals surface area contributed by atoms with Crippen LogP contribution in [0.25, 0.3) is 0 Å². The van der Waals surface area contributed by atoms with Crippen molar-refractivity contribution in [2.45, 2.75) is 88.8 Å². The summed E-state index contributed by atoms with van der Waals surface area (Å²) in [7, 11) is 0. The molecule has 3 heterocycles. The third-order valence-corrected chi connectivity index (χ3v) is 12.1. The van der Waals surface area contributed by atoms with Gasteiger partial charge in [-0.3, -0.25) is 4.79 Å². The third-order valence-electron chi connectivity index (χ3n) is 12.1. The summed E-state index contributed by atoms with van der Waals surface area (Å²) in [6.45, 7) is 10.8. The SMILES string of the molecule is C=C1C(=O)O[C@@H]2C[C@@]1(C)OC[C@H]2[C@@H]1CC[C@@H]2[C@H]3C[C@H]4O[C@]45CC=CC(=O)[C@]5(C)[C@@H]3C[C@@H](O)[C@]21C. The number of carbonyl (C=O) groups excluding carboxylic acids is 2. The van der Waals surface area contributed by atoms with Crippen LogP contribution in [0.15, 0.2) is 24.3 Å². The van der Waals surface area contributed by atoms with E-state index in [-0.39, 0.29) is 52.7 Å². The van der Waals surface area contributed by atoms with Crippen molar-refractivity contribution < 1.29 is 28.9 Å². The van der Waals surface area contributed by atoms with E-state index in [1.165, 1.54) is 0 Å². The number of ether oxygens (including phenoxy) is 3. The minimum absolute atomic E-state index is 0.0704. The average Bonchev–Trinajstić information content (AvgIpc) is 3.39. The van der Waals surface area contributed by atoms with Gasteiger partial charge in [-0.15, -0.1) is 0 Å². The van der Waals surface area contributed by atoms with Crippen molar-refractivity contribution in [1.29, 1.82) is 0 Å².